The number of nitrogens with one attached hydrogen (secondary N) is 1. The Labute approximate surface area is 119 Å². The van der Waals surface area contributed by atoms with Crippen molar-refractivity contribution in [2.24, 2.45) is 0 Å². The molecule has 0 bridgehead atoms. The van der Waals surface area contributed by atoms with Crippen LogP contribution in [0.5, 0.6) is 5.75 Å². The zero-order valence-corrected chi connectivity index (χ0v) is 11.6. The summed E-state index contributed by atoms with van der Waals surface area (Å²) in [7, 11) is 0. The minimum absolute atomic E-state index is 0.123. The van der Waals surface area contributed by atoms with Gasteiger partial charge in [0.25, 0.3) is 0 Å². The lowest BCUT2D eigenvalue weighted by atomic mass is 9.98. The maximum absolute atomic E-state index is 13.0. The van der Waals surface area contributed by atoms with E-state index < -0.39 is 0 Å². The van der Waals surface area contributed by atoms with E-state index in [1.54, 1.807) is 12.1 Å². The highest BCUT2D eigenvalue weighted by Crippen LogP contribution is 2.21. The molecule has 0 amide bonds. The van der Waals surface area contributed by atoms with E-state index in [9.17, 15) is 9.50 Å². The number of hydrogen-bond donors (Lipinski definition) is 2. The smallest absolute Gasteiger partial charge is 0.123 e. The van der Waals surface area contributed by atoms with Crippen molar-refractivity contribution in [2.45, 2.75) is 25.8 Å². The molecule has 0 saturated heterocycles. The van der Waals surface area contributed by atoms with Gasteiger partial charge in [-0.2, -0.15) is 0 Å². The summed E-state index contributed by atoms with van der Waals surface area (Å²) in [5, 5.41) is 13.0. The van der Waals surface area contributed by atoms with Crippen molar-refractivity contribution >= 4 is 0 Å². The number of halogens is 1. The van der Waals surface area contributed by atoms with E-state index in [0.29, 0.717) is 0 Å². The van der Waals surface area contributed by atoms with Gasteiger partial charge in [0.1, 0.15) is 11.6 Å². The van der Waals surface area contributed by atoms with Gasteiger partial charge in [-0.25, -0.2) is 4.39 Å². The van der Waals surface area contributed by atoms with Crippen LogP contribution in [0.2, 0.25) is 0 Å². The third kappa shape index (κ3) is 4.07. The number of benzene rings is 2. The summed E-state index contributed by atoms with van der Waals surface area (Å²) in [6.07, 6.45) is 1.80. The Morgan fingerprint density at radius 3 is 2.55 bits per heavy atom. The second-order valence-electron chi connectivity index (χ2n) is 4.93. The molecule has 2 aromatic carbocycles. The fraction of sp³-hybridized carbons (Fsp3) is 0.294. The fourth-order valence-corrected chi connectivity index (χ4v) is 2.24. The molecule has 0 radical (unpaired) electrons. The van der Waals surface area contributed by atoms with Gasteiger partial charge in [0, 0.05) is 6.04 Å². The Morgan fingerprint density at radius 1 is 1.15 bits per heavy atom. The molecular weight excluding hydrogens is 253 g/mol. The van der Waals surface area contributed by atoms with Gasteiger partial charge < -0.3 is 10.4 Å². The van der Waals surface area contributed by atoms with Crippen LogP contribution in [0.4, 0.5) is 4.39 Å². The average molecular weight is 273 g/mol. The maximum Gasteiger partial charge on any atom is 0.123 e. The van der Waals surface area contributed by atoms with Crippen molar-refractivity contribution < 1.29 is 9.50 Å². The lowest BCUT2D eigenvalue weighted by Crippen LogP contribution is -2.24. The Kier molecular flexibility index (Phi) is 5.13. The van der Waals surface area contributed by atoms with Crippen LogP contribution in [0.25, 0.3) is 0 Å². The summed E-state index contributed by atoms with van der Waals surface area (Å²) in [5.74, 6) is 0.0520. The molecule has 0 aromatic heterocycles. The number of phenols is 1. The summed E-state index contributed by atoms with van der Waals surface area (Å²) >= 11 is 0. The van der Waals surface area contributed by atoms with E-state index in [0.717, 1.165) is 30.5 Å². The molecule has 1 unspecified atom stereocenters. The van der Waals surface area contributed by atoms with Crippen molar-refractivity contribution in [1.82, 2.24) is 5.32 Å². The van der Waals surface area contributed by atoms with E-state index >= 15 is 0 Å². The number of rotatable bonds is 6. The largest absolute Gasteiger partial charge is 0.508 e. The van der Waals surface area contributed by atoms with Crippen LogP contribution < -0.4 is 5.32 Å². The van der Waals surface area contributed by atoms with Crippen molar-refractivity contribution in [1.29, 1.82) is 0 Å². The highest BCUT2D eigenvalue weighted by molar-refractivity contribution is 5.29. The van der Waals surface area contributed by atoms with Gasteiger partial charge in [-0.3, -0.25) is 0 Å². The average Bonchev–Trinajstić information content (AvgIpc) is 2.44. The van der Waals surface area contributed by atoms with Gasteiger partial charge in [0.15, 0.2) is 0 Å². The monoisotopic (exact) mass is 273 g/mol. The molecule has 1 atom stereocenters. The van der Waals surface area contributed by atoms with E-state index in [-0.39, 0.29) is 17.6 Å². The summed E-state index contributed by atoms with van der Waals surface area (Å²) in [6.45, 7) is 3.02. The summed E-state index contributed by atoms with van der Waals surface area (Å²) in [5.41, 5.74) is 2.12. The second kappa shape index (κ2) is 7.06. The number of hydrogen-bond acceptors (Lipinski definition) is 2. The van der Waals surface area contributed by atoms with Gasteiger partial charge in [-0.05, 0) is 54.8 Å². The van der Waals surface area contributed by atoms with Crippen LogP contribution in [0, 0.1) is 5.82 Å². The second-order valence-corrected chi connectivity index (χ2v) is 4.93. The zero-order valence-electron chi connectivity index (χ0n) is 11.6. The molecule has 0 fully saturated rings. The molecule has 0 aliphatic carbocycles. The van der Waals surface area contributed by atoms with Gasteiger partial charge in [0.2, 0.25) is 0 Å². The number of aromatic hydroxyl groups is 1. The molecule has 0 aliphatic heterocycles. The van der Waals surface area contributed by atoms with Crippen LogP contribution in [0.3, 0.4) is 0 Å². The van der Waals surface area contributed by atoms with Gasteiger partial charge in [-0.15, -0.1) is 0 Å². The highest BCUT2D eigenvalue weighted by atomic mass is 19.1. The third-order valence-corrected chi connectivity index (χ3v) is 3.26. The van der Waals surface area contributed by atoms with Crippen LogP contribution in [-0.2, 0) is 6.42 Å². The summed E-state index contributed by atoms with van der Waals surface area (Å²) < 4.78 is 13.0. The zero-order chi connectivity index (χ0) is 14.4. The van der Waals surface area contributed by atoms with Crippen molar-refractivity contribution in [3.63, 3.8) is 0 Å². The van der Waals surface area contributed by atoms with Crippen molar-refractivity contribution in [3.8, 4) is 5.75 Å². The first-order chi connectivity index (χ1) is 9.69. The third-order valence-electron chi connectivity index (χ3n) is 3.26. The molecule has 2 rings (SSSR count). The Morgan fingerprint density at radius 2 is 1.90 bits per heavy atom. The van der Waals surface area contributed by atoms with Gasteiger partial charge in [0.05, 0.1) is 0 Å². The molecule has 0 aliphatic rings. The molecule has 2 nitrogen and oxygen atoms in total. The maximum atomic E-state index is 13.0. The Bertz CT molecular complexity index is 539. The molecular formula is C17H20FNO. The molecule has 0 heterocycles. The predicted octanol–water partition coefficient (Wildman–Crippen LogP) is 3.81. The Balaban J connectivity index is 2.16. The van der Waals surface area contributed by atoms with Crippen LogP contribution in [-0.4, -0.2) is 11.7 Å². The molecule has 0 saturated carbocycles. The lowest BCUT2D eigenvalue weighted by molar-refractivity contribution is 0.472. The van der Waals surface area contributed by atoms with Crippen LogP contribution in [0.1, 0.15) is 30.5 Å². The van der Waals surface area contributed by atoms with Crippen molar-refractivity contribution in [2.75, 3.05) is 6.54 Å². The van der Waals surface area contributed by atoms with Crippen LogP contribution in [0.15, 0.2) is 48.5 Å². The van der Waals surface area contributed by atoms with E-state index in [1.165, 1.54) is 12.1 Å². The highest BCUT2D eigenvalue weighted by Gasteiger charge is 2.12. The Hall–Kier alpha value is -1.87. The normalized spacial score (nSPS) is 12.3. The molecule has 3 heteroatoms. The predicted molar refractivity (Wildman–Crippen MR) is 79.2 cm³/mol. The van der Waals surface area contributed by atoms with Gasteiger partial charge in [-0.1, -0.05) is 31.2 Å². The summed E-state index contributed by atoms with van der Waals surface area (Å²) in [6, 6.07) is 14.0. The SMILES string of the molecule is CCCNC(Cc1cccc(O)c1)c1ccc(F)cc1. The molecule has 2 aromatic rings. The van der Waals surface area contributed by atoms with E-state index in [4.69, 9.17) is 0 Å². The van der Waals surface area contributed by atoms with E-state index in [1.807, 2.05) is 24.3 Å². The molecule has 0 spiro atoms. The molecule has 20 heavy (non-hydrogen) atoms. The van der Waals surface area contributed by atoms with Crippen LogP contribution >= 0.6 is 0 Å². The van der Waals surface area contributed by atoms with E-state index in [2.05, 4.69) is 12.2 Å². The molecule has 106 valence electrons. The fourth-order valence-electron chi connectivity index (χ4n) is 2.24. The number of phenolic OH excluding ortho intramolecular Hbond substituents is 1. The quantitative estimate of drug-likeness (QED) is 0.838. The van der Waals surface area contributed by atoms with Crippen molar-refractivity contribution in [3.05, 3.63) is 65.5 Å². The van der Waals surface area contributed by atoms with Gasteiger partial charge >= 0.3 is 0 Å². The minimum Gasteiger partial charge on any atom is -0.508 e. The summed E-state index contributed by atoms with van der Waals surface area (Å²) in [4.78, 5) is 0. The topological polar surface area (TPSA) is 32.3 Å². The standard InChI is InChI=1S/C17H20FNO/c1-2-10-19-17(14-6-8-15(18)9-7-14)12-13-4-3-5-16(20)11-13/h3-9,11,17,19-20H,2,10,12H2,1H3. The first kappa shape index (κ1) is 14.5. The lowest BCUT2D eigenvalue weighted by Gasteiger charge is -2.19. The minimum atomic E-state index is -0.222. The molecule has 2 N–H and O–H groups in total. The first-order valence-corrected chi connectivity index (χ1v) is 6.96. The first-order valence-electron chi connectivity index (χ1n) is 6.96.